The number of amides is 1. The van der Waals surface area contributed by atoms with Gasteiger partial charge in [-0.05, 0) is 28.8 Å². The predicted molar refractivity (Wildman–Crippen MR) is 126 cm³/mol. The van der Waals surface area contributed by atoms with E-state index in [4.69, 9.17) is 9.15 Å². The zero-order chi connectivity index (χ0) is 23.9. The Morgan fingerprint density at radius 2 is 1.65 bits per heavy atom. The van der Waals surface area contributed by atoms with Crippen molar-refractivity contribution in [2.45, 2.75) is 6.54 Å². The highest BCUT2D eigenvalue weighted by Gasteiger charge is 2.23. The molecule has 8 heteroatoms. The minimum atomic E-state index is -0.525. The van der Waals surface area contributed by atoms with Gasteiger partial charge in [0.05, 0.1) is 20.8 Å². The molecule has 0 bridgehead atoms. The van der Waals surface area contributed by atoms with E-state index in [1.54, 1.807) is 13.2 Å². The number of carbonyl (C=O) groups excluding carboxylic acids is 2. The Bertz CT molecular complexity index is 1150. The number of rotatable bonds is 7. The van der Waals surface area contributed by atoms with Crippen LogP contribution in [-0.4, -0.2) is 67.1 Å². The Morgan fingerprint density at radius 1 is 0.971 bits per heavy atom. The summed E-state index contributed by atoms with van der Waals surface area (Å²) in [6.07, 6.45) is 3.01. The van der Waals surface area contributed by atoms with Crippen molar-refractivity contribution >= 4 is 17.4 Å². The van der Waals surface area contributed by atoms with E-state index in [9.17, 15) is 9.59 Å². The van der Waals surface area contributed by atoms with Crippen molar-refractivity contribution in [3.05, 3.63) is 89.6 Å². The minimum absolute atomic E-state index is 0.0292. The predicted octanol–water partition coefficient (Wildman–Crippen LogP) is 3.25. The maximum Gasteiger partial charge on any atom is 0.360 e. The van der Waals surface area contributed by atoms with Gasteiger partial charge in [-0.3, -0.25) is 9.69 Å². The molecule has 1 amide bonds. The lowest BCUT2D eigenvalue weighted by Gasteiger charge is -2.33. The van der Waals surface area contributed by atoms with Crippen molar-refractivity contribution in [3.8, 4) is 5.75 Å². The molecule has 0 saturated carbocycles. The number of ether oxygens (including phenoxy) is 2. The van der Waals surface area contributed by atoms with Crippen LogP contribution < -0.4 is 4.74 Å². The second-order valence-corrected chi connectivity index (χ2v) is 7.87. The van der Waals surface area contributed by atoms with Gasteiger partial charge in [0.15, 0.2) is 5.69 Å². The van der Waals surface area contributed by atoms with Gasteiger partial charge in [0.1, 0.15) is 12.0 Å². The molecule has 1 aliphatic rings. The Labute approximate surface area is 198 Å². The molecular weight excluding hydrogens is 434 g/mol. The molecule has 0 N–H and O–H groups in total. The maximum absolute atomic E-state index is 13.2. The first-order chi connectivity index (χ1) is 16.6. The van der Waals surface area contributed by atoms with Crippen LogP contribution in [0.5, 0.6) is 5.75 Å². The Hall–Kier alpha value is -3.91. The molecule has 1 fully saturated rings. The fourth-order valence-electron chi connectivity index (χ4n) is 3.84. The van der Waals surface area contributed by atoms with Gasteiger partial charge in [-0.25, -0.2) is 9.78 Å². The smallest absolute Gasteiger partial charge is 0.360 e. The normalized spacial score (nSPS) is 14.6. The Balaban J connectivity index is 1.43. The van der Waals surface area contributed by atoms with E-state index in [-0.39, 0.29) is 11.6 Å². The SMILES string of the molecule is COC(=O)c1coc(CN2CCN(C(=O)/C=C(/c3ccccc3)c3ccc(OC)cc3)CC2)n1. The fraction of sp³-hybridized carbons (Fsp3) is 0.269. The highest BCUT2D eigenvalue weighted by molar-refractivity contribution is 5.99. The van der Waals surface area contributed by atoms with E-state index in [1.165, 1.54) is 13.4 Å². The van der Waals surface area contributed by atoms with Gasteiger partial charge in [0, 0.05) is 32.3 Å². The van der Waals surface area contributed by atoms with Crippen molar-refractivity contribution < 1.29 is 23.5 Å². The number of carbonyl (C=O) groups is 2. The second kappa shape index (κ2) is 10.8. The van der Waals surface area contributed by atoms with Crippen LogP contribution in [0.15, 0.2) is 71.4 Å². The third-order valence-electron chi connectivity index (χ3n) is 5.74. The van der Waals surface area contributed by atoms with Gasteiger partial charge in [0.25, 0.3) is 0 Å². The zero-order valence-electron chi connectivity index (χ0n) is 19.3. The summed E-state index contributed by atoms with van der Waals surface area (Å²) in [7, 11) is 2.94. The summed E-state index contributed by atoms with van der Waals surface area (Å²) in [5.41, 5.74) is 2.95. The lowest BCUT2D eigenvalue weighted by atomic mass is 9.97. The van der Waals surface area contributed by atoms with Gasteiger partial charge >= 0.3 is 5.97 Å². The van der Waals surface area contributed by atoms with Crippen LogP contribution in [0.2, 0.25) is 0 Å². The van der Waals surface area contributed by atoms with E-state index in [1.807, 2.05) is 59.5 Å². The summed E-state index contributed by atoms with van der Waals surface area (Å²) in [5, 5.41) is 0. The average Bonchev–Trinajstić information content (AvgIpc) is 3.36. The lowest BCUT2D eigenvalue weighted by Crippen LogP contribution is -2.47. The minimum Gasteiger partial charge on any atom is -0.497 e. The van der Waals surface area contributed by atoms with Gasteiger partial charge in [0.2, 0.25) is 11.8 Å². The standard InChI is InChI=1S/C26H27N3O5/c1-32-21-10-8-20(9-11-21)22(19-6-4-3-5-7-19)16-25(30)29-14-12-28(13-15-29)17-24-27-23(18-34-24)26(31)33-2/h3-11,16,18H,12-15,17H2,1-2H3/b22-16-. The number of aromatic nitrogens is 1. The van der Waals surface area contributed by atoms with Crippen molar-refractivity contribution in [1.82, 2.24) is 14.8 Å². The van der Waals surface area contributed by atoms with Crippen LogP contribution in [0.25, 0.3) is 5.57 Å². The molecule has 1 aromatic heterocycles. The molecule has 4 rings (SSSR count). The summed E-state index contributed by atoms with van der Waals surface area (Å²) < 4.78 is 15.3. The van der Waals surface area contributed by atoms with Gasteiger partial charge in [-0.2, -0.15) is 0 Å². The van der Waals surface area contributed by atoms with Crippen LogP contribution in [-0.2, 0) is 16.1 Å². The highest BCUT2D eigenvalue weighted by atomic mass is 16.5. The summed E-state index contributed by atoms with van der Waals surface area (Å²) in [6.45, 7) is 3.00. The highest BCUT2D eigenvalue weighted by Crippen LogP contribution is 2.26. The van der Waals surface area contributed by atoms with Crippen LogP contribution >= 0.6 is 0 Å². The topological polar surface area (TPSA) is 85.1 Å². The molecule has 1 aliphatic heterocycles. The fourth-order valence-corrected chi connectivity index (χ4v) is 3.84. The number of benzene rings is 2. The van der Waals surface area contributed by atoms with Crippen molar-refractivity contribution in [1.29, 1.82) is 0 Å². The quantitative estimate of drug-likeness (QED) is 0.394. The molecule has 0 spiro atoms. The third kappa shape index (κ3) is 5.52. The van der Waals surface area contributed by atoms with Gasteiger partial charge in [-0.15, -0.1) is 0 Å². The van der Waals surface area contributed by atoms with Crippen LogP contribution in [0, 0.1) is 0 Å². The number of hydrogen-bond donors (Lipinski definition) is 0. The van der Waals surface area contributed by atoms with Crippen LogP contribution in [0.1, 0.15) is 27.5 Å². The molecule has 0 radical (unpaired) electrons. The molecule has 176 valence electrons. The van der Waals surface area contributed by atoms with Crippen LogP contribution in [0.3, 0.4) is 0 Å². The van der Waals surface area contributed by atoms with Crippen molar-refractivity contribution in [2.75, 3.05) is 40.4 Å². The largest absolute Gasteiger partial charge is 0.497 e. The number of oxazole rings is 1. The number of esters is 1. The average molecular weight is 462 g/mol. The monoisotopic (exact) mass is 461 g/mol. The third-order valence-corrected chi connectivity index (χ3v) is 5.74. The first kappa shape index (κ1) is 23.3. The summed E-state index contributed by atoms with van der Waals surface area (Å²) in [5.74, 6) is 0.663. The van der Waals surface area contributed by atoms with Crippen molar-refractivity contribution in [3.63, 3.8) is 0 Å². The van der Waals surface area contributed by atoms with Gasteiger partial charge < -0.3 is 18.8 Å². The van der Waals surface area contributed by atoms with E-state index in [0.717, 1.165) is 22.4 Å². The molecule has 3 aromatic rings. The zero-order valence-corrected chi connectivity index (χ0v) is 19.3. The number of nitrogens with zero attached hydrogens (tertiary/aromatic N) is 3. The van der Waals surface area contributed by atoms with E-state index >= 15 is 0 Å². The number of methoxy groups -OCH3 is 2. The van der Waals surface area contributed by atoms with Crippen LogP contribution in [0.4, 0.5) is 0 Å². The first-order valence-corrected chi connectivity index (χ1v) is 11.0. The number of hydrogen-bond acceptors (Lipinski definition) is 7. The first-order valence-electron chi connectivity index (χ1n) is 11.0. The molecule has 8 nitrogen and oxygen atoms in total. The van der Waals surface area contributed by atoms with E-state index in [2.05, 4.69) is 14.6 Å². The molecule has 0 aliphatic carbocycles. The molecule has 2 aromatic carbocycles. The summed E-state index contributed by atoms with van der Waals surface area (Å²) in [6, 6.07) is 17.6. The van der Waals surface area contributed by atoms with Crippen molar-refractivity contribution in [2.24, 2.45) is 0 Å². The molecule has 0 unspecified atom stereocenters. The summed E-state index contributed by atoms with van der Waals surface area (Å²) in [4.78, 5) is 32.9. The molecule has 1 saturated heterocycles. The molecular formula is C26H27N3O5. The molecule has 0 atom stereocenters. The lowest BCUT2D eigenvalue weighted by molar-refractivity contribution is -0.127. The van der Waals surface area contributed by atoms with E-state index < -0.39 is 5.97 Å². The molecule has 2 heterocycles. The molecule has 34 heavy (non-hydrogen) atoms. The van der Waals surface area contributed by atoms with Gasteiger partial charge in [-0.1, -0.05) is 42.5 Å². The Kier molecular flexibility index (Phi) is 7.39. The second-order valence-electron chi connectivity index (χ2n) is 7.87. The Morgan fingerprint density at radius 3 is 2.29 bits per heavy atom. The van der Waals surface area contributed by atoms with E-state index in [0.29, 0.717) is 38.6 Å². The maximum atomic E-state index is 13.2. The summed E-state index contributed by atoms with van der Waals surface area (Å²) >= 11 is 0. The number of piperazine rings is 1.